The van der Waals surface area contributed by atoms with E-state index in [9.17, 15) is 9.59 Å². The zero-order chi connectivity index (χ0) is 15.0. The number of amides is 1. The summed E-state index contributed by atoms with van der Waals surface area (Å²) >= 11 is 5.81. The van der Waals surface area contributed by atoms with Gasteiger partial charge in [0, 0.05) is 5.02 Å². The molecule has 2 N–H and O–H groups in total. The Morgan fingerprint density at radius 2 is 2.25 bits per heavy atom. The summed E-state index contributed by atoms with van der Waals surface area (Å²) in [5, 5.41) is 11.9. The first-order valence-electron chi connectivity index (χ1n) is 5.98. The van der Waals surface area contributed by atoms with Crippen molar-refractivity contribution in [3.8, 4) is 0 Å². The number of carboxylic acids is 1. The number of aliphatic carboxylic acids is 1. The van der Waals surface area contributed by atoms with Gasteiger partial charge in [-0.2, -0.15) is 0 Å². The second kappa shape index (κ2) is 8.35. The van der Waals surface area contributed by atoms with E-state index >= 15 is 0 Å². The van der Waals surface area contributed by atoms with Crippen LogP contribution in [0.3, 0.4) is 0 Å². The molecule has 1 aromatic rings. The third-order valence-electron chi connectivity index (χ3n) is 2.41. The van der Waals surface area contributed by atoms with E-state index in [1.807, 2.05) is 0 Å². The zero-order valence-electron chi connectivity index (χ0n) is 10.8. The van der Waals surface area contributed by atoms with E-state index < -0.39 is 17.9 Å². The van der Waals surface area contributed by atoms with Gasteiger partial charge in [0.1, 0.15) is 0 Å². The van der Waals surface area contributed by atoms with E-state index in [1.165, 1.54) is 6.08 Å². The Bertz CT molecular complexity index is 490. The van der Waals surface area contributed by atoms with Crippen molar-refractivity contribution < 1.29 is 19.4 Å². The maximum atomic E-state index is 11.8. The summed E-state index contributed by atoms with van der Waals surface area (Å²) in [4.78, 5) is 22.8. The average molecular weight is 298 g/mol. The van der Waals surface area contributed by atoms with Crippen molar-refractivity contribution in [2.24, 2.45) is 0 Å². The minimum absolute atomic E-state index is 0.0613. The standard InChI is InChI=1S/C14H16ClNO4/c1-2-6-20-9-12(14(18)19)16-13(17)8-10-4-3-5-11(15)7-10/h2-5,7,12H,1,6,8-9H2,(H,16,17)(H,18,19). The van der Waals surface area contributed by atoms with E-state index in [-0.39, 0.29) is 19.6 Å². The quantitative estimate of drug-likeness (QED) is 0.565. The van der Waals surface area contributed by atoms with Gasteiger partial charge in [-0.05, 0) is 17.7 Å². The lowest BCUT2D eigenvalue weighted by Crippen LogP contribution is -2.44. The first-order chi connectivity index (χ1) is 9.52. The van der Waals surface area contributed by atoms with Crippen LogP contribution in [0.4, 0.5) is 0 Å². The smallest absolute Gasteiger partial charge is 0.328 e. The lowest BCUT2D eigenvalue weighted by Gasteiger charge is -2.14. The van der Waals surface area contributed by atoms with Crippen molar-refractivity contribution in [1.29, 1.82) is 0 Å². The van der Waals surface area contributed by atoms with Crippen molar-refractivity contribution in [1.82, 2.24) is 5.32 Å². The number of carbonyl (C=O) groups excluding carboxylic acids is 1. The van der Waals surface area contributed by atoms with Gasteiger partial charge in [-0.1, -0.05) is 29.8 Å². The number of halogens is 1. The van der Waals surface area contributed by atoms with Crippen LogP contribution in [0.15, 0.2) is 36.9 Å². The largest absolute Gasteiger partial charge is 0.480 e. The minimum Gasteiger partial charge on any atom is -0.480 e. The van der Waals surface area contributed by atoms with Crippen LogP contribution in [0.1, 0.15) is 5.56 Å². The molecular weight excluding hydrogens is 282 g/mol. The van der Waals surface area contributed by atoms with Crippen LogP contribution in [-0.2, 0) is 20.7 Å². The number of hydrogen-bond acceptors (Lipinski definition) is 3. The number of nitrogens with one attached hydrogen (secondary N) is 1. The molecular formula is C14H16ClNO4. The Morgan fingerprint density at radius 3 is 2.85 bits per heavy atom. The Labute approximate surface area is 122 Å². The summed E-state index contributed by atoms with van der Waals surface area (Å²) in [5.41, 5.74) is 0.714. The molecule has 1 atom stereocenters. The number of benzene rings is 1. The highest BCUT2D eigenvalue weighted by Gasteiger charge is 2.20. The Balaban J connectivity index is 2.53. The molecule has 0 radical (unpaired) electrons. The van der Waals surface area contributed by atoms with Crippen LogP contribution in [-0.4, -0.2) is 36.2 Å². The summed E-state index contributed by atoms with van der Waals surface area (Å²) in [6, 6.07) is 5.75. The first kappa shape index (κ1) is 16.2. The van der Waals surface area contributed by atoms with Crippen molar-refractivity contribution in [3.05, 3.63) is 47.5 Å². The van der Waals surface area contributed by atoms with E-state index in [0.29, 0.717) is 10.6 Å². The van der Waals surface area contributed by atoms with E-state index in [2.05, 4.69) is 11.9 Å². The fourth-order valence-electron chi connectivity index (χ4n) is 1.52. The van der Waals surface area contributed by atoms with Crippen LogP contribution in [0.25, 0.3) is 0 Å². The summed E-state index contributed by atoms with van der Waals surface area (Å²) in [5.74, 6) is -1.55. The second-order valence-corrected chi connectivity index (χ2v) is 4.53. The third-order valence-corrected chi connectivity index (χ3v) is 2.64. The van der Waals surface area contributed by atoms with Gasteiger partial charge in [0.25, 0.3) is 0 Å². The predicted molar refractivity (Wildman–Crippen MR) is 75.7 cm³/mol. The fraction of sp³-hybridized carbons (Fsp3) is 0.286. The molecule has 1 amide bonds. The lowest BCUT2D eigenvalue weighted by molar-refractivity contribution is -0.143. The molecule has 0 spiro atoms. The van der Waals surface area contributed by atoms with Gasteiger partial charge in [-0.15, -0.1) is 6.58 Å². The van der Waals surface area contributed by atoms with Gasteiger partial charge in [0.05, 0.1) is 19.6 Å². The lowest BCUT2D eigenvalue weighted by atomic mass is 10.1. The molecule has 0 bridgehead atoms. The predicted octanol–water partition coefficient (Wildman–Crippen LogP) is 1.65. The summed E-state index contributed by atoms with van der Waals surface area (Å²) in [6.45, 7) is 3.58. The van der Waals surface area contributed by atoms with Crippen LogP contribution in [0.2, 0.25) is 5.02 Å². The van der Waals surface area contributed by atoms with E-state index in [4.69, 9.17) is 21.4 Å². The van der Waals surface area contributed by atoms with Crippen molar-refractivity contribution in [2.45, 2.75) is 12.5 Å². The van der Waals surface area contributed by atoms with E-state index in [1.54, 1.807) is 24.3 Å². The van der Waals surface area contributed by atoms with Crippen molar-refractivity contribution in [2.75, 3.05) is 13.2 Å². The molecule has 20 heavy (non-hydrogen) atoms. The average Bonchev–Trinajstić information content (AvgIpc) is 2.37. The SMILES string of the molecule is C=CCOCC(NC(=O)Cc1cccc(Cl)c1)C(=O)O. The molecule has 0 aliphatic heterocycles. The Kier molecular flexibility index (Phi) is 6.76. The number of rotatable bonds is 8. The maximum Gasteiger partial charge on any atom is 0.328 e. The summed E-state index contributed by atoms with van der Waals surface area (Å²) < 4.78 is 5.04. The monoisotopic (exact) mass is 297 g/mol. The van der Waals surface area contributed by atoms with Gasteiger partial charge in [0.2, 0.25) is 5.91 Å². The summed E-state index contributed by atoms with van der Waals surface area (Å²) in [6.07, 6.45) is 1.57. The molecule has 0 aliphatic carbocycles. The molecule has 0 aromatic heterocycles. The highest BCUT2D eigenvalue weighted by Crippen LogP contribution is 2.11. The molecule has 1 rings (SSSR count). The van der Waals surface area contributed by atoms with Crippen molar-refractivity contribution in [3.63, 3.8) is 0 Å². The molecule has 1 aromatic carbocycles. The van der Waals surface area contributed by atoms with Gasteiger partial charge >= 0.3 is 5.97 Å². The van der Waals surface area contributed by atoms with Gasteiger partial charge in [-0.3, -0.25) is 4.79 Å². The normalized spacial score (nSPS) is 11.7. The fourth-order valence-corrected chi connectivity index (χ4v) is 1.73. The number of hydrogen-bond donors (Lipinski definition) is 2. The van der Waals surface area contributed by atoms with Crippen LogP contribution in [0.5, 0.6) is 0 Å². The van der Waals surface area contributed by atoms with Gasteiger partial charge in [0.15, 0.2) is 6.04 Å². The van der Waals surface area contributed by atoms with Crippen LogP contribution < -0.4 is 5.32 Å². The number of carbonyl (C=O) groups is 2. The topological polar surface area (TPSA) is 75.6 Å². The Hall–Kier alpha value is -1.85. The highest BCUT2D eigenvalue weighted by molar-refractivity contribution is 6.30. The molecule has 0 saturated heterocycles. The molecule has 108 valence electrons. The van der Waals surface area contributed by atoms with Crippen LogP contribution >= 0.6 is 11.6 Å². The maximum absolute atomic E-state index is 11.8. The first-order valence-corrected chi connectivity index (χ1v) is 6.36. The molecule has 6 heteroatoms. The molecule has 1 unspecified atom stereocenters. The van der Waals surface area contributed by atoms with Gasteiger partial charge in [-0.25, -0.2) is 4.79 Å². The second-order valence-electron chi connectivity index (χ2n) is 4.09. The molecule has 0 heterocycles. The zero-order valence-corrected chi connectivity index (χ0v) is 11.6. The minimum atomic E-state index is -1.14. The number of carboxylic acid groups (broad SMARTS) is 1. The number of ether oxygens (including phenoxy) is 1. The van der Waals surface area contributed by atoms with Crippen molar-refractivity contribution >= 4 is 23.5 Å². The van der Waals surface area contributed by atoms with E-state index in [0.717, 1.165) is 0 Å². The molecule has 0 aliphatic rings. The third kappa shape index (κ3) is 5.86. The van der Waals surface area contributed by atoms with Gasteiger partial charge < -0.3 is 15.2 Å². The van der Waals surface area contributed by atoms with Crippen LogP contribution in [0, 0.1) is 0 Å². The Morgan fingerprint density at radius 1 is 1.50 bits per heavy atom. The summed E-state index contributed by atoms with van der Waals surface area (Å²) in [7, 11) is 0. The molecule has 0 fully saturated rings. The molecule has 5 nitrogen and oxygen atoms in total. The highest BCUT2D eigenvalue weighted by atomic mass is 35.5. The molecule has 0 saturated carbocycles.